The first-order valence-electron chi connectivity index (χ1n) is 7.04. The van der Waals surface area contributed by atoms with Gasteiger partial charge in [-0.1, -0.05) is 27.7 Å². The molecule has 0 aliphatic carbocycles. The molecule has 0 heterocycles. The quantitative estimate of drug-likeness (QED) is 0.841. The van der Waals surface area contributed by atoms with Gasteiger partial charge in [-0.2, -0.15) is 0 Å². The Morgan fingerprint density at radius 3 is 2.35 bits per heavy atom. The Hall–Kier alpha value is -1.07. The third kappa shape index (κ3) is 4.49. The molecule has 0 bridgehead atoms. The Bertz CT molecular complexity index is 536. The van der Waals surface area contributed by atoms with E-state index in [-0.39, 0.29) is 11.8 Å². The lowest BCUT2D eigenvalue weighted by atomic mass is 10.0. The number of hydrogen-bond donors (Lipinski definition) is 1. The summed E-state index contributed by atoms with van der Waals surface area (Å²) < 4.78 is 32.6. The molecule has 0 spiro atoms. The van der Waals surface area contributed by atoms with Crippen molar-refractivity contribution in [3.63, 3.8) is 0 Å². The fourth-order valence-corrected chi connectivity index (χ4v) is 3.04. The average molecular weight is 299 g/mol. The zero-order valence-electron chi connectivity index (χ0n) is 12.9. The van der Waals surface area contributed by atoms with Gasteiger partial charge in [0, 0.05) is 6.54 Å². The first-order chi connectivity index (χ1) is 9.27. The fourth-order valence-electron chi connectivity index (χ4n) is 1.79. The number of nitrogens with one attached hydrogen (secondary N) is 1. The zero-order chi connectivity index (χ0) is 15.3. The van der Waals surface area contributed by atoms with Crippen molar-refractivity contribution in [2.75, 3.05) is 13.2 Å². The molecule has 0 fully saturated rings. The van der Waals surface area contributed by atoms with E-state index in [2.05, 4.69) is 4.72 Å². The molecule has 4 nitrogen and oxygen atoms in total. The number of rotatable bonds is 7. The Morgan fingerprint density at radius 2 is 1.85 bits per heavy atom. The van der Waals surface area contributed by atoms with E-state index in [0.717, 1.165) is 11.3 Å². The van der Waals surface area contributed by atoms with Gasteiger partial charge in [-0.25, -0.2) is 13.1 Å². The highest BCUT2D eigenvalue weighted by Crippen LogP contribution is 2.29. The van der Waals surface area contributed by atoms with Gasteiger partial charge in [-0.3, -0.25) is 0 Å². The van der Waals surface area contributed by atoms with Gasteiger partial charge in [0.05, 0.1) is 11.5 Å². The first-order valence-corrected chi connectivity index (χ1v) is 8.52. The van der Waals surface area contributed by atoms with Crippen molar-refractivity contribution in [1.29, 1.82) is 0 Å². The predicted molar refractivity (Wildman–Crippen MR) is 81.7 cm³/mol. The fraction of sp³-hybridized carbons (Fsp3) is 0.600. The zero-order valence-corrected chi connectivity index (χ0v) is 13.8. The van der Waals surface area contributed by atoms with Crippen LogP contribution in [0.15, 0.2) is 23.1 Å². The third-order valence-electron chi connectivity index (χ3n) is 2.90. The Morgan fingerprint density at radius 1 is 1.20 bits per heavy atom. The maximum atomic E-state index is 12.2. The number of hydrogen-bond acceptors (Lipinski definition) is 3. The number of benzene rings is 1. The highest BCUT2D eigenvalue weighted by Gasteiger charge is 2.18. The molecule has 0 amide bonds. The minimum absolute atomic E-state index is 0.205. The molecule has 0 aliphatic heterocycles. The molecular formula is C15H25NO3S. The molecule has 0 atom stereocenters. The van der Waals surface area contributed by atoms with E-state index in [9.17, 15) is 8.42 Å². The van der Waals surface area contributed by atoms with Crippen molar-refractivity contribution < 1.29 is 13.2 Å². The maximum Gasteiger partial charge on any atom is 0.240 e. The smallest absolute Gasteiger partial charge is 0.240 e. The van der Waals surface area contributed by atoms with Gasteiger partial charge in [0.1, 0.15) is 5.75 Å². The molecule has 0 saturated carbocycles. The molecule has 0 radical (unpaired) electrons. The molecule has 1 rings (SSSR count). The molecule has 5 heteroatoms. The van der Waals surface area contributed by atoms with E-state index < -0.39 is 10.0 Å². The molecule has 1 aromatic carbocycles. The number of ether oxygens (including phenoxy) is 1. The molecule has 1 aromatic rings. The van der Waals surface area contributed by atoms with E-state index in [1.807, 2.05) is 34.6 Å². The summed E-state index contributed by atoms with van der Waals surface area (Å²) in [5.41, 5.74) is 0.916. The molecule has 0 unspecified atom stereocenters. The van der Waals surface area contributed by atoms with Crippen LogP contribution < -0.4 is 9.46 Å². The normalized spacial score (nSPS) is 12.2. The van der Waals surface area contributed by atoms with Crippen LogP contribution in [0, 0.1) is 5.92 Å². The van der Waals surface area contributed by atoms with Gasteiger partial charge in [0.15, 0.2) is 0 Å². The summed E-state index contributed by atoms with van der Waals surface area (Å²) >= 11 is 0. The largest absolute Gasteiger partial charge is 0.494 e. The third-order valence-corrected chi connectivity index (χ3v) is 4.32. The van der Waals surface area contributed by atoms with Gasteiger partial charge in [0.2, 0.25) is 10.0 Å². The van der Waals surface area contributed by atoms with Crippen LogP contribution in [0.3, 0.4) is 0 Å². The summed E-state index contributed by atoms with van der Waals surface area (Å²) in [6, 6.07) is 5.04. The molecule has 0 saturated heterocycles. The minimum atomic E-state index is -3.45. The van der Waals surface area contributed by atoms with E-state index in [1.54, 1.807) is 18.2 Å². The Kier molecular flexibility index (Phi) is 6.02. The molecule has 114 valence electrons. The van der Waals surface area contributed by atoms with E-state index in [0.29, 0.717) is 18.0 Å². The summed E-state index contributed by atoms with van der Waals surface area (Å²) in [4.78, 5) is 0.297. The first kappa shape index (κ1) is 17.0. The van der Waals surface area contributed by atoms with Crippen LogP contribution in [-0.2, 0) is 10.0 Å². The van der Waals surface area contributed by atoms with Crippen molar-refractivity contribution in [2.45, 2.75) is 45.4 Å². The van der Waals surface area contributed by atoms with Crippen LogP contribution in [0.5, 0.6) is 5.75 Å². The lowest BCUT2D eigenvalue weighted by molar-refractivity contribution is 0.335. The summed E-state index contributed by atoms with van der Waals surface area (Å²) in [6.45, 7) is 10.9. The Labute approximate surface area is 122 Å². The van der Waals surface area contributed by atoms with Crippen molar-refractivity contribution >= 4 is 10.0 Å². The average Bonchev–Trinajstić information content (AvgIpc) is 2.37. The van der Waals surface area contributed by atoms with Gasteiger partial charge in [-0.05, 0) is 42.5 Å². The summed E-state index contributed by atoms with van der Waals surface area (Å²) in [7, 11) is -3.45. The second-order valence-electron chi connectivity index (χ2n) is 5.53. The summed E-state index contributed by atoms with van der Waals surface area (Å²) in [5.74, 6) is 1.24. The second-order valence-corrected chi connectivity index (χ2v) is 7.30. The standard InChI is InChI=1S/C15H25NO3S/c1-6-19-15-8-7-13(9-14(15)12(4)5)20(17,18)16-10-11(2)3/h7-9,11-12,16H,6,10H2,1-5H3. The summed E-state index contributed by atoms with van der Waals surface area (Å²) in [5, 5.41) is 0. The molecule has 0 aliphatic rings. The van der Waals surface area contributed by atoms with Gasteiger partial charge in [0.25, 0.3) is 0 Å². The maximum absolute atomic E-state index is 12.2. The predicted octanol–water partition coefficient (Wildman–Crippen LogP) is 3.14. The molecule has 0 aromatic heterocycles. The van der Waals surface area contributed by atoms with Crippen LogP contribution >= 0.6 is 0 Å². The van der Waals surface area contributed by atoms with Gasteiger partial charge >= 0.3 is 0 Å². The van der Waals surface area contributed by atoms with E-state index in [1.165, 1.54) is 0 Å². The van der Waals surface area contributed by atoms with Crippen LogP contribution in [0.4, 0.5) is 0 Å². The van der Waals surface area contributed by atoms with Crippen molar-refractivity contribution in [2.24, 2.45) is 5.92 Å². The topological polar surface area (TPSA) is 55.4 Å². The van der Waals surface area contributed by atoms with E-state index in [4.69, 9.17) is 4.74 Å². The van der Waals surface area contributed by atoms with Crippen molar-refractivity contribution in [3.05, 3.63) is 23.8 Å². The van der Waals surface area contributed by atoms with E-state index >= 15 is 0 Å². The SMILES string of the molecule is CCOc1ccc(S(=O)(=O)NCC(C)C)cc1C(C)C. The lowest BCUT2D eigenvalue weighted by Crippen LogP contribution is -2.27. The highest BCUT2D eigenvalue weighted by atomic mass is 32.2. The molecule has 1 N–H and O–H groups in total. The van der Waals surface area contributed by atoms with Crippen molar-refractivity contribution in [1.82, 2.24) is 4.72 Å². The molecule has 20 heavy (non-hydrogen) atoms. The highest BCUT2D eigenvalue weighted by molar-refractivity contribution is 7.89. The van der Waals surface area contributed by atoms with Crippen molar-refractivity contribution in [3.8, 4) is 5.75 Å². The van der Waals surface area contributed by atoms with Crippen LogP contribution in [0.2, 0.25) is 0 Å². The summed E-state index contributed by atoms with van der Waals surface area (Å²) in [6.07, 6.45) is 0. The lowest BCUT2D eigenvalue weighted by Gasteiger charge is -2.15. The van der Waals surface area contributed by atoms with Crippen LogP contribution in [0.1, 0.15) is 46.1 Å². The minimum Gasteiger partial charge on any atom is -0.494 e. The second kappa shape index (κ2) is 7.09. The molecular weight excluding hydrogens is 274 g/mol. The van der Waals surface area contributed by atoms with Crippen LogP contribution in [-0.4, -0.2) is 21.6 Å². The van der Waals surface area contributed by atoms with Crippen LogP contribution in [0.25, 0.3) is 0 Å². The van der Waals surface area contributed by atoms with Gasteiger partial charge < -0.3 is 4.74 Å². The monoisotopic (exact) mass is 299 g/mol. The number of sulfonamides is 1. The van der Waals surface area contributed by atoms with Gasteiger partial charge in [-0.15, -0.1) is 0 Å². The Balaban J connectivity index is 3.11.